The van der Waals surface area contributed by atoms with Gasteiger partial charge in [0.25, 0.3) is 0 Å². The quantitative estimate of drug-likeness (QED) is 0.871. The average Bonchev–Trinajstić information content (AvgIpc) is 2.64. The molecule has 3 heteroatoms. The van der Waals surface area contributed by atoms with E-state index in [1.165, 1.54) is 18.4 Å². The van der Waals surface area contributed by atoms with E-state index in [4.69, 9.17) is 10.5 Å². The summed E-state index contributed by atoms with van der Waals surface area (Å²) in [6.07, 6.45) is 8.65. The fourth-order valence-corrected chi connectivity index (χ4v) is 2.28. The van der Waals surface area contributed by atoms with Gasteiger partial charge in [0, 0.05) is 12.3 Å². The van der Waals surface area contributed by atoms with E-state index in [-0.39, 0.29) is 0 Å². The molecule has 0 saturated carbocycles. The van der Waals surface area contributed by atoms with Crippen LogP contribution in [-0.4, -0.2) is 18.6 Å². The van der Waals surface area contributed by atoms with Crippen LogP contribution in [-0.2, 0) is 0 Å². The molecule has 2 rings (SSSR count). The second-order valence-electron chi connectivity index (χ2n) is 4.53. The molecule has 0 aromatic carbocycles. The normalized spacial score (nSPS) is 20.6. The van der Waals surface area contributed by atoms with E-state index < -0.39 is 0 Å². The van der Waals surface area contributed by atoms with Gasteiger partial charge in [-0.3, -0.25) is 4.98 Å². The summed E-state index contributed by atoms with van der Waals surface area (Å²) in [5.74, 6) is 1.53. The predicted molar refractivity (Wildman–Crippen MR) is 69.8 cm³/mol. The maximum absolute atomic E-state index is 5.74. The highest BCUT2D eigenvalue weighted by Crippen LogP contribution is 2.28. The largest absolute Gasteiger partial charge is 0.497 e. The number of ether oxygens (including phenoxy) is 1. The number of pyridine rings is 1. The highest BCUT2D eigenvalue weighted by atomic mass is 16.5. The number of hydrogen-bond donors (Lipinski definition) is 1. The van der Waals surface area contributed by atoms with Crippen molar-refractivity contribution in [2.75, 3.05) is 13.7 Å². The van der Waals surface area contributed by atoms with Gasteiger partial charge in [0.2, 0.25) is 0 Å². The van der Waals surface area contributed by atoms with Crippen molar-refractivity contribution in [3.05, 3.63) is 30.1 Å². The molecule has 2 N–H and O–H groups in total. The Kier molecular flexibility index (Phi) is 4.15. The summed E-state index contributed by atoms with van der Waals surface area (Å²) in [4.78, 5) is 4.42. The summed E-state index contributed by atoms with van der Waals surface area (Å²) in [7, 11) is 1.69. The van der Waals surface area contributed by atoms with E-state index in [1.807, 2.05) is 12.1 Å². The lowest BCUT2D eigenvalue weighted by Gasteiger charge is -2.10. The van der Waals surface area contributed by atoms with Crippen LogP contribution in [0.25, 0.3) is 5.57 Å². The summed E-state index contributed by atoms with van der Waals surface area (Å²) < 4.78 is 5.23. The first-order valence-corrected chi connectivity index (χ1v) is 6.23. The highest BCUT2D eigenvalue weighted by Gasteiger charge is 2.13. The molecule has 3 nitrogen and oxygen atoms in total. The first kappa shape index (κ1) is 12.1. The van der Waals surface area contributed by atoms with Crippen molar-refractivity contribution >= 4 is 5.57 Å². The van der Waals surface area contributed by atoms with Gasteiger partial charge in [-0.2, -0.15) is 0 Å². The second-order valence-corrected chi connectivity index (χ2v) is 4.53. The molecular formula is C14H20N2O. The molecule has 0 amide bonds. The van der Waals surface area contributed by atoms with E-state index in [1.54, 1.807) is 13.3 Å². The van der Waals surface area contributed by atoms with Crippen molar-refractivity contribution < 1.29 is 4.74 Å². The van der Waals surface area contributed by atoms with Crippen LogP contribution in [0, 0.1) is 5.92 Å². The number of nitrogens with two attached hydrogens (primary N) is 1. The zero-order valence-electron chi connectivity index (χ0n) is 10.4. The van der Waals surface area contributed by atoms with Crippen LogP contribution in [0.3, 0.4) is 0 Å². The summed E-state index contributed by atoms with van der Waals surface area (Å²) in [6.45, 7) is 0.798. The van der Waals surface area contributed by atoms with Crippen molar-refractivity contribution in [3.63, 3.8) is 0 Å². The van der Waals surface area contributed by atoms with E-state index in [0.29, 0.717) is 5.92 Å². The number of nitrogens with zero attached hydrogens (tertiary/aromatic N) is 1. The van der Waals surface area contributed by atoms with Crippen molar-refractivity contribution in [1.82, 2.24) is 4.98 Å². The van der Waals surface area contributed by atoms with Gasteiger partial charge in [0.15, 0.2) is 0 Å². The average molecular weight is 232 g/mol. The minimum absolute atomic E-state index is 0.661. The number of aromatic nitrogens is 1. The summed E-state index contributed by atoms with van der Waals surface area (Å²) in [5.41, 5.74) is 8.12. The maximum Gasteiger partial charge on any atom is 0.122 e. The van der Waals surface area contributed by atoms with E-state index in [9.17, 15) is 0 Å². The molecule has 1 atom stereocenters. The fourth-order valence-electron chi connectivity index (χ4n) is 2.28. The predicted octanol–water partition coefficient (Wildman–Crippen LogP) is 2.62. The summed E-state index contributed by atoms with van der Waals surface area (Å²) >= 11 is 0. The molecule has 1 aliphatic carbocycles. The zero-order valence-corrected chi connectivity index (χ0v) is 10.4. The minimum atomic E-state index is 0.661. The summed E-state index contributed by atoms with van der Waals surface area (Å²) in [6, 6.07) is 3.89. The van der Waals surface area contributed by atoms with E-state index in [0.717, 1.165) is 30.8 Å². The molecule has 1 unspecified atom stereocenters. The third-order valence-corrected chi connectivity index (χ3v) is 3.42. The van der Waals surface area contributed by atoms with Crippen LogP contribution in [0.5, 0.6) is 5.75 Å². The molecule has 0 spiro atoms. The Balaban J connectivity index is 2.13. The van der Waals surface area contributed by atoms with Crippen molar-refractivity contribution in [2.45, 2.75) is 25.7 Å². The molecule has 1 aromatic rings. The molecule has 0 fully saturated rings. The zero-order chi connectivity index (χ0) is 12.1. The van der Waals surface area contributed by atoms with Gasteiger partial charge in [-0.25, -0.2) is 0 Å². The van der Waals surface area contributed by atoms with Crippen LogP contribution in [0.1, 0.15) is 31.4 Å². The molecule has 0 aliphatic heterocycles. The van der Waals surface area contributed by atoms with Crippen LogP contribution < -0.4 is 10.5 Å². The summed E-state index contributed by atoms with van der Waals surface area (Å²) in [5, 5.41) is 0. The lowest BCUT2D eigenvalue weighted by molar-refractivity contribution is 0.414. The Morgan fingerprint density at radius 2 is 2.35 bits per heavy atom. The van der Waals surface area contributed by atoms with Crippen molar-refractivity contribution in [2.24, 2.45) is 11.7 Å². The minimum Gasteiger partial charge on any atom is -0.497 e. The van der Waals surface area contributed by atoms with E-state index >= 15 is 0 Å². The molecular weight excluding hydrogens is 212 g/mol. The Labute approximate surface area is 103 Å². The van der Waals surface area contributed by atoms with Gasteiger partial charge in [0.05, 0.1) is 12.8 Å². The first-order chi connectivity index (χ1) is 8.33. The third-order valence-electron chi connectivity index (χ3n) is 3.42. The van der Waals surface area contributed by atoms with Crippen LogP contribution in [0.4, 0.5) is 0 Å². The van der Waals surface area contributed by atoms with Gasteiger partial charge < -0.3 is 10.5 Å². The molecule has 17 heavy (non-hydrogen) atoms. The number of methoxy groups -OCH3 is 1. The Morgan fingerprint density at radius 1 is 1.47 bits per heavy atom. The second kappa shape index (κ2) is 5.82. The number of rotatable bonds is 3. The molecule has 0 bridgehead atoms. The van der Waals surface area contributed by atoms with Crippen molar-refractivity contribution in [3.8, 4) is 5.75 Å². The monoisotopic (exact) mass is 232 g/mol. The van der Waals surface area contributed by atoms with Gasteiger partial charge in [-0.05, 0) is 49.8 Å². The molecule has 92 valence electrons. The molecule has 1 aliphatic rings. The topological polar surface area (TPSA) is 48.1 Å². The van der Waals surface area contributed by atoms with Gasteiger partial charge in [-0.1, -0.05) is 6.08 Å². The van der Waals surface area contributed by atoms with Crippen molar-refractivity contribution in [1.29, 1.82) is 0 Å². The standard InChI is InChI=1S/C14H20N2O/c1-17-13-7-8-16-14(9-13)12-4-2-3-11(10-15)5-6-12/h4,7-9,11H,2-3,5-6,10,15H2,1H3. The van der Waals surface area contributed by atoms with Crippen LogP contribution in [0.15, 0.2) is 24.4 Å². The van der Waals surface area contributed by atoms with Gasteiger partial charge >= 0.3 is 0 Å². The first-order valence-electron chi connectivity index (χ1n) is 6.23. The molecule has 1 aromatic heterocycles. The smallest absolute Gasteiger partial charge is 0.122 e. The Bertz CT molecular complexity index is 401. The number of hydrogen-bond acceptors (Lipinski definition) is 3. The lowest BCUT2D eigenvalue weighted by Crippen LogP contribution is -2.13. The number of allylic oxidation sites excluding steroid dienone is 2. The lowest BCUT2D eigenvalue weighted by atomic mass is 9.99. The third kappa shape index (κ3) is 3.07. The van der Waals surface area contributed by atoms with E-state index in [2.05, 4.69) is 11.1 Å². The van der Waals surface area contributed by atoms with Gasteiger partial charge in [0.1, 0.15) is 5.75 Å². The van der Waals surface area contributed by atoms with Gasteiger partial charge in [-0.15, -0.1) is 0 Å². The van der Waals surface area contributed by atoms with Crippen LogP contribution in [0.2, 0.25) is 0 Å². The highest BCUT2D eigenvalue weighted by molar-refractivity contribution is 5.63. The maximum atomic E-state index is 5.74. The molecule has 0 radical (unpaired) electrons. The van der Waals surface area contributed by atoms with Crippen LogP contribution >= 0.6 is 0 Å². The fraction of sp³-hybridized carbons (Fsp3) is 0.500. The Hall–Kier alpha value is -1.35. The Morgan fingerprint density at radius 3 is 3.12 bits per heavy atom. The molecule has 1 heterocycles. The SMILES string of the molecule is COc1ccnc(C2=CCCC(CN)CC2)c1. The molecule has 0 saturated heterocycles.